The second-order valence-corrected chi connectivity index (χ2v) is 16.3. The molecule has 1 amide bonds. The maximum absolute atomic E-state index is 13.2. The SMILES string of the molecule is CCCCCCCCCCCCCCN(CCCCCCCCCCCCCC)CCNC(=O)CN1CCN(CC(=O)OCCOC)CN(CC(=O)OOC)CC1. The topological polar surface area (TPSA) is 113 Å². The first-order valence-electron chi connectivity index (χ1n) is 23.5. The van der Waals surface area contributed by atoms with Gasteiger partial charge < -0.3 is 19.7 Å². The summed E-state index contributed by atoms with van der Waals surface area (Å²) in [5.74, 6) is -0.864. The Morgan fingerprint density at radius 3 is 1.37 bits per heavy atom. The molecular formula is C45H89N5O7. The van der Waals surface area contributed by atoms with Crippen LogP contribution in [0.15, 0.2) is 0 Å². The van der Waals surface area contributed by atoms with Crippen LogP contribution in [0.2, 0.25) is 0 Å². The highest BCUT2D eigenvalue weighted by molar-refractivity contribution is 5.78. The Hall–Kier alpha value is -1.83. The summed E-state index contributed by atoms with van der Waals surface area (Å²) in [5, 5.41) is 3.19. The molecule has 1 aliphatic heterocycles. The summed E-state index contributed by atoms with van der Waals surface area (Å²) in [7, 11) is 2.86. The zero-order chi connectivity index (χ0) is 41.4. The maximum atomic E-state index is 13.2. The summed E-state index contributed by atoms with van der Waals surface area (Å²) < 4.78 is 10.3. The van der Waals surface area contributed by atoms with Gasteiger partial charge in [-0.05, 0) is 25.9 Å². The first kappa shape index (κ1) is 53.2. The number of ether oxygens (including phenoxy) is 2. The minimum Gasteiger partial charge on any atom is -0.462 e. The summed E-state index contributed by atoms with van der Waals surface area (Å²) in [4.78, 5) is 55.7. The highest BCUT2D eigenvalue weighted by Crippen LogP contribution is 2.14. The Kier molecular flexibility index (Phi) is 37.0. The number of amides is 1. The van der Waals surface area contributed by atoms with Crippen molar-refractivity contribution in [2.45, 2.75) is 168 Å². The molecule has 0 spiro atoms. The van der Waals surface area contributed by atoms with Crippen LogP contribution in [-0.4, -0.2) is 144 Å². The van der Waals surface area contributed by atoms with E-state index < -0.39 is 5.97 Å². The van der Waals surface area contributed by atoms with Crippen LogP contribution in [0.25, 0.3) is 0 Å². The Morgan fingerprint density at radius 1 is 0.509 bits per heavy atom. The zero-order valence-corrected chi connectivity index (χ0v) is 37.5. The molecule has 0 aliphatic carbocycles. The van der Waals surface area contributed by atoms with Gasteiger partial charge in [-0.1, -0.05) is 155 Å². The van der Waals surface area contributed by atoms with E-state index >= 15 is 0 Å². The minimum absolute atomic E-state index is 0.00196. The molecule has 0 aromatic carbocycles. The number of nitrogens with one attached hydrogen (secondary N) is 1. The number of methoxy groups -OCH3 is 1. The lowest BCUT2D eigenvalue weighted by Gasteiger charge is -2.35. The van der Waals surface area contributed by atoms with E-state index in [0.29, 0.717) is 46.0 Å². The first-order chi connectivity index (χ1) is 27.9. The van der Waals surface area contributed by atoms with Crippen molar-refractivity contribution in [3.05, 3.63) is 0 Å². The number of esters is 1. The number of rotatable bonds is 39. The zero-order valence-electron chi connectivity index (χ0n) is 37.5. The average molecular weight is 812 g/mol. The van der Waals surface area contributed by atoms with Gasteiger partial charge in [-0.3, -0.25) is 29.2 Å². The fourth-order valence-corrected chi connectivity index (χ4v) is 7.59. The van der Waals surface area contributed by atoms with E-state index in [9.17, 15) is 14.4 Å². The minimum atomic E-state index is -0.512. The number of carbonyl (C=O) groups is 3. The molecule has 336 valence electrons. The molecule has 12 nitrogen and oxygen atoms in total. The van der Waals surface area contributed by atoms with Gasteiger partial charge in [-0.25, -0.2) is 4.79 Å². The highest BCUT2D eigenvalue weighted by Gasteiger charge is 2.24. The first-order valence-corrected chi connectivity index (χ1v) is 23.5. The number of unbranched alkanes of at least 4 members (excludes halogenated alkanes) is 22. The van der Waals surface area contributed by atoms with Gasteiger partial charge in [0, 0.05) is 46.4 Å². The molecule has 1 aliphatic rings. The third kappa shape index (κ3) is 33.7. The van der Waals surface area contributed by atoms with E-state index in [1.807, 2.05) is 9.80 Å². The van der Waals surface area contributed by atoms with Crippen molar-refractivity contribution < 1.29 is 33.6 Å². The van der Waals surface area contributed by atoms with Crippen LogP contribution in [0.5, 0.6) is 0 Å². The fraction of sp³-hybridized carbons (Fsp3) is 0.933. The van der Waals surface area contributed by atoms with Crippen LogP contribution in [0.4, 0.5) is 0 Å². The number of carbonyl (C=O) groups excluding carboxylic acids is 3. The van der Waals surface area contributed by atoms with Crippen LogP contribution < -0.4 is 5.32 Å². The molecule has 57 heavy (non-hydrogen) atoms. The Morgan fingerprint density at radius 2 is 0.930 bits per heavy atom. The van der Waals surface area contributed by atoms with Crippen molar-refractivity contribution in [2.24, 2.45) is 0 Å². The summed E-state index contributed by atoms with van der Waals surface area (Å²) in [6, 6.07) is 0. The van der Waals surface area contributed by atoms with Gasteiger partial charge in [0.25, 0.3) is 0 Å². The van der Waals surface area contributed by atoms with Gasteiger partial charge in [-0.15, -0.1) is 0 Å². The van der Waals surface area contributed by atoms with Crippen molar-refractivity contribution in [2.75, 3.05) is 106 Å². The number of nitrogens with zero attached hydrogens (tertiary/aromatic N) is 4. The third-order valence-corrected chi connectivity index (χ3v) is 11.1. The van der Waals surface area contributed by atoms with Gasteiger partial charge in [-0.2, -0.15) is 4.89 Å². The molecule has 1 heterocycles. The van der Waals surface area contributed by atoms with Crippen molar-refractivity contribution in [1.82, 2.24) is 24.9 Å². The standard InChI is InChI=1S/C45H89N5O7/c1-5-7-9-11-13-15-17-19-21-23-25-27-30-47(31-28-26-24-22-20-18-16-14-12-10-8-6-2)32-29-46-43(51)39-48-33-35-49(40-44(52)56-38-37-54-3)42-50(36-34-48)41-45(53)57-55-4/h5-42H2,1-4H3,(H,46,51). The normalized spacial score (nSPS) is 14.5. The van der Waals surface area contributed by atoms with Gasteiger partial charge in [0.1, 0.15) is 13.2 Å². The molecule has 1 N–H and O–H groups in total. The van der Waals surface area contributed by atoms with E-state index in [-0.39, 0.29) is 38.1 Å². The molecule has 1 fully saturated rings. The van der Waals surface area contributed by atoms with Crippen molar-refractivity contribution >= 4 is 17.8 Å². The lowest BCUT2D eigenvalue weighted by atomic mass is 10.0. The van der Waals surface area contributed by atoms with Crippen molar-refractivity contribution in [1.29, 1.82) is 0 Å². The second-order valence-electron chi connectivity index (χ2n) is 16.3. The monoisotopic (exact) mass is 812 g/mol. The van der Waals surface area contributed by atoms with Gasteiger partial charge >= 0.3 is 11.9 Å². The lowest BCUT2D eigenvalue weighted by molar-refractivity contribution is -0.255. The molecule has 1 saturated heterocycles. The van der Waals surface area contributed by atoms with Crippen LogP contribution in [0, 0.1) is 0 Å². The molecule has 0 radical (unpaired) electrons. The summed E-state index contributed by atoms with van der Waals surface area (Å²) in [6.45, 7) is 11.9. The lowest BCUT2D eigenvalue weighted by Crippen LogP contribution is -2.52. The van der Waals surface area contributed by atoms with Gasteiger partial charge in [0.15, 0.2) is 0 Å². The van der Waals surface area contributed by atoms with Crippen molar-refractivity contribution in [3.8, 4) is 0 Å². The molecule has 0 unspecified atom stereocenters. The Balaban J connectivity index is 2.54. The molecule has 0 saturated carbocycles. The van der Waals surface area contributed by atoms with E-state index in [0.717, 1.165) is 19.6 Å². The summed E-state index contributed by atoms with van der Waals surface area (Å²) in [5.41, 5.74) is 0. The maximum Gasteiger partial charge on any atom is 0.356 e. The van der Waals surface area contributed by atoms with Crippen LogP contribution in [0.3, 0.4) is 0 Å². The van der Waals surface area contributed by atoms with Crippen LogP contribution in [0.1, 0.15) is 168 Å². The van der Waals surface area contributed by atoms with E-state index in [4.69, 9.17) is 14.4 Å². The van der Waals surface area contributed by atoms with Crippen LogP contribution >= 0.6 is 0 Å². The Labute approximate surface area is 349 Å². The number of hydrogen-bond donors (Lipinski definition) is 1. The van der Waals surface area contributed by atoms with Gasteiger partial charge in [0.2, 0.25) is 5.91 Å². The predicted molar refractivity (Wildman–Crippen MR) is 232 cm³/mol. The van der Waals surface area contributed by atoms with Crippen LogP contribution in [-0.2, 0) is 33.6 Å². The molecule has 0 aromatic heterocycles. The molecule has 12 heteroatoms. The fourth-order valence-electron chi connectivity index (χ4n) is 7.59. The molecule has 0 bridgehead atoms. The largest absolute Gasteiger partial charge is 0.462 e. The third-order valence-electron chi connectivity index (χ3n) is 11.1. The second kappa shape index (κ2) is 39.6. The molecular weight excluding hydrogens is 723 g/mol. The number of hydrogen-bond acceptors (Lipinski definition) is 11. The molecule has 1 rings (SSSR count). The highest BCUT2D eigenvalue weighted by atomic mass is 17.2. The summed E-state index contributed by atoms with van der Waals surface area (Å²) >= 11 is 0. The smallest absolute Gasteiger partial charge is 0.356 e. The average Bonchev–Trinajstić information content (AvgIpc) is 3.18. The van der Waals surface area contributed by atoms with E-state index in [1.54, 1.807) is 7.11 Å². The van der Waals surface area contributed by atoms with Gasteiger partial charge in [0.05, 0.1) is 33.5 Å². The quantitative estimate of drug-likeness (QED) is 0.0282. The molecule has 0 aromatic rings. The Bertz CT molecular complexity index is 918. The van der Waals surface area contributed by atoms with E-state index in [2.05, 4.69) is 33.9 Å². The summed E-state index contributed by atoms with van der Waals surface area (Å²) in [6.07, 6.45) is 32.5. The molecule has 0 atom stereocenters. The van der Waals surface area contributed by atoms with Crippen molar-refractivity contribution in [3.63, 3.8) is 0 Å². The van der Waals surface area contributed by atoms with E-state index in [1.165, 1.54) is 161 Å². The predicted octanol–water partition coefficient (Wildman–Crippen LogP) is 7.98.